The van der Waals surface area contributed by atoms with Crippen LogP contribution in [0.5, 0.6) is 5.75 Å². The van der Waals surface area contributed by atoms with E-state index in [-0.39, 0.29) is 11.9 Å². The Balaban J connectivity index is 1.85. The lowest BCUT2D eigenvalue weighted by atomic mass is 10.1. The van der Waals surface area contributed by atoms with Crippen LogP contribution in [0.2, 0.25) is 0 Å². The van der Waals surface area contributed by atoms with E-state index in [2.05, 4.69) is 15.4 Å². The van der Waals surface area contributed by atoms with Gasteiger partial charge in [-0.2, -0.15) is 5.10 Å². The van der Waals surface area contributed by atoms with Crippen molar-refractivity contribution in [3.63, 3.8) is 0 Å². The van der Waals surface area contributed by atoms with E-state index in [1.165, 1.54) is 6.33 Å². The van der Waals surface area contributed by atoms with E-state index in [0.29, 0.717) is 13.0 Å². The van der Waals surface area contributed by atoms with Gasteiger partial charge in [0.05, 0.1) is 20.1 Å². The number of nitrogens with one attached hydrogen (secondary N) is 1. The predicted molar refractivity (Wildman–Crippen MR) is 74.3 cm³/mol. The number of rotatable bonds is 6. The number of hydrogen-bond donors (Lipinski definition) is 1. The topological polar surface area (TPSA) is 69.0 Å². The molecule has 20 heavy (non-hydrogen) atoms. The van der Waals surface area contributed by atoms with E-state index < -0.39 is 0 Å². The summed E-state index contributed by atoms with van der Waals surface area (Å²) in [4.78, 5) is 15.8. The maximum absolute atomic E-state index is 12.0. The van der Waals surface area contributed by atoms with Gasteiger partial charge in [-0.05, 0) is 24.6 Å². The van der Waals surface area contributed by atoms with Crippen LogP contribution in [-0.2, 0) is 17.8 Å². The van der Waals surface area contributed by atoms with Crippen LogP contribution in [0.3, 0.4) is 0 Å². The number of hydrogen-bond acceptors (Lipinski definition) is 4. The summed E-state index contributed by atoms with van der Waals surface area (Å²) in [7, 11) is 1.61. The molecule has 0 saturated carbocycles. The minimum Gasteiger partial charge on any atom is -0.497 e. The number of benzene rings is 1. The van der Waals surface area contributed by atoms with Gasteiger partial charge < -0.3 is 10.1 Å². The van der Waals surface area contributed by atoms with Gasteiger partial charge in [0.1, 0.15) is 18.4 Å². The molecule has 106 valence electrons. The van der Waals surface area contributed by atoms with Gasteiger partial charge in [-0.15, -0.1) is 0 Å². The monoisotopic (exact) mass is 274 g/mol. The minimum absolute atomic E-state index is 0.00481. The molecule has 6 heteroatoms. The van der Waals surface area contributed by atoms with E-state index in [0.717, 1.165) is 11.3 Å². The molecule has 1 amide bonds. The molecule has 0 fully saturated rings. The normalized spacial score (nSPS) is 11.9. The summed E-state index contributed by atoms with van der Waals surface area (Å²) in [6, 6.07) is 7.50. The van der Waals surface area contributed by atoms with Crippen LogP contribution in [0.25, 0.3) is 0 Å². The molecule has 6 nitrogen and oxygen atoms in total. The van der Waals surface area contributed by atoms with Crippen molar-refractivity contribution in [2.45, 2.75) is 25.9 Å². The molecule has 1 N–H and O–H groups in total. The van der Waals surface area contributed by atoms with Crippen molar-refractivity contribution < 1.29 is 9.53 Å². The molecule has 1 heterocycles. The SMILES string of the molecule is COc1cccc(CC(=O)N[C@H](C)Cn2cncn2)c1. The molecular formula is C14H18N4O2. The van der Waals surface area contributed by atoms with E-state index >= 15 is 0 Å². The molecule has 0 aliphatic rings. The van der Waals surface area contributed by atoms with Crippen LogP contribution in [0.15, 0.2) is 36.9 Å². The fraction of sp³-hybridized carbons (Fsp3) is 0.357. The van der Waals surface area contributed by atoms with Gasteiger partial charge in [-0.3, -0.25) is 9.48 Å². The summed E-state index contributed by atoms with van der Waals surface area (Å²) in [6.45, 7) is 2.54. The third-order valence-corrected chi connectivity index (χ3v) is 2.83. The number of carbonyl (C=O) groups excluding carboxylic acids is 1. The highest BCUT2D eigenvalue weighted by molar-refractivity contribution is 5.78. The molecule has 0 spiro atoms. The Labute approximate surface area is 117 Å². The Morgan fingerprint density at radius 1 is 1.50 bits per heavy atom. The summed E-state index contributed by atoms with van der Waals surface area (Å²) in [6.07, 6.45) is 3.44. The number of ether oxygens (including phenoxy) is 1. The van der Waals surface area contributed by atoms with Crippen molar-refractivity contribution in [3.8, 4) is 5.75 Å². The summed E-state index contributed by atoms with van der Waals surface area (Å²) < 4.78 is 6.83. The molecule has 1 atom stereocenters. The van der Waals surface area contributed by atoms with Gasteiger partial charge in [0, 0.05) is 6.04 Å². The Hall–Kier alpha value is -2.37. The predicted octanol–water partition coefficient (Wildman–Crippen LogP) is 1.03. The standard InChI is InChI=1S/C14H18N4O2/c1-11(8-18-10-15-9-16-18)17-14(19)7-12-4-3-5-13(6-12)20-2/h3-6,9-11H,7-8H2,1-2H3,(H,17,19)/t11-/m1/s1. The quantitative estimate of drug-likeness (QED) is 0.854. The van der Waals surface area contributed by atoms with Crippen LogP contribution < -0.4 is 10.1 Å². The van der Waals surface area contributed by atoms with Crippen LogP contribution in [0, 0.1) is 0 Å². The second kappa shape index (κ2) is 6.70. The van der Waals surface area contributed by atoms with Crippen LogP contribution >= 0.6 is 0 Å². The molecule has 1 aromatic carbocycles. The highest BCUT2D eigenvalue weighted by Crippen LogP contribution is 2.12. The lowest BCUT2D eigenvalue weighted by Crippen LogP contribution is -2.36. The van der Waals surface area contributed by atoms with Crippen LogP contribution in [0.1, 0.15) is 12.5 Å². The van der Waals surface area contributed by atoms with Crippen molar-refractivity contribution in [2.24, 2.45) is 0 Å². The Morgan fingerprint density at radius 2 is 2.35 bits per heavy atom. The number of methoxy groups -OCH3 is 1. The molecule has 0 aliphatic heterocycles. The fourth-order valence-corrected chi connectivity index (χ4v) is 1.95. The first-order valence-electron chi connectivity index (χ1n) is 6.42. The Bertz CT molecular complexity index is 554. The lowest BCUT2D eigenvalue weighted by molar-refractivity contribution is -0.121. The Kier molecular flexibility index (Phi) is 4.70. The average molecular weight is 274 g/mol. The number of amides is 1. The first-order valence-corrected chi connectivity index (χ1v) is 6.42. The lowest BCUT2D eigenvalue weighted by Gasteiger charge is -2.13. The number of aromatic nitrogens is 3. The van der Waals surface area contributed by atoms with E-state index in [9.17, 15) is 4.79 Å². The maximum atomic E-state index is 12.0. The molecule has 0 unspecified atom stereocenters. The molecule has 0 saturated heterocycles. The third kappa shape index (κ3) is 4.08. The summed E-state index contributed by atoms with van der Waals surface area (Å²) >= 11 is 0. The largest absolute Gasteiger partial charge is 0.497 e. The minimum atomic E-state index is -0.0223. The van der Waals surface area contributed by atoms with E-state index in [4.69, 9.17) is 4.74 Å². The molecule has 0 radical (unpaired) electrons. The molecule has 0 aliphatic carbocycles. The summed E-state index contributed by atoms with van der Waals surface area (Å²) in [5.41, 5.74) is 0.926. The zero-order valence-corrected chi connectivity index (χ0v) is 11.6. The van der Waals surface area contributed by atoms with Gasteiger partial charge in [-0.25, -0.2) is 4.98 Å². The zero-order valence-electron chi connectivity index (χ0n) is 11.6. The maximum Gasteiger partial charge on any atom is 0.224 e. The summed E-state index contributed by atoms with van der Waals surface area (Å²) in [5, 5.41) is 6.94. The van der Waals surface area contributed by atoms with E-state index in [1.54, 1.807) is 18.1 Å². The van der Waals surface area contributed by atoms with Gasteiger partial charge >= 0.3 is 0 Å². The van der Waals surface area contributed by atoms with Gasteiger partial charge in [0.25, 0.3) is 0 Å². The van der Waals surface area contributed by atoms with Crippen molar-refractivity contribution in [3.05, 3.63) is 42.5 Å². The molecule has 1 aromatic heterocycles. The third-order valence-electron chi connectivity index (χ3n) is 2.83. The van der Waals surface area contributed by atoms with Crippen LogP contribution in [0.4, 0.5) is 0 Å². The molecule has 2 rings (SSSR count). The van der Waals surface area contributed by atoms with Gasteiger partial charge in [0.15, 0.2) is 0 Å². The first-order chi connectivity index (χ1) is 9.67. The van der Waals surface area contributed by atoms with Crippen molar-refractivity contribution in [1.29, 1.82) is 0 Å². The van der Waals surface area contributed by atoms with Crippen molar-refractivity contribution in [2.75, 3.05) is 7.11 Å². The first kappa shape index (κ1) is 14.0. The number of nitrogens with zero attached hydrogens (tertiary/aromatic N) is 3. The second-order valence-electron chi connectivity index (χ2n) is 4.61. The van der Waals surface area contributed by atoms with Crippen molar-refractivity contribution >= 4 is 5.91 Å². The molecule has 2 aromatic rings. The van der Waals surface area contributed by atoms with Gasteiger partial charge in [0.2, 0.25) is 5.91 Å². The summed E-state index contributed by atoms with van der Waals surface area (Å²) in [5.74, 6) is 0.733. The zero-order chi connectivity index (χ0) is 14.4. The fourth-order valence-electron chi connectivity index (χ4n) is 1.95. The second-order valence-corrected chi connectivity index (χ2v) is 4.61. The highest BCUT2D eigenvalue weighted by Gasteiger charge is 2.09. The highest BCUT2D eigenvalue weighted by atomic mass is 16.5. The van der Waals surface area contributed by atoms with Crippen molar-refractivity contribution in [1.82, 2.24) is 20.1 Å². The number of carbonyl (C=O) groups is 1. The average Bonchev–Trinajstić information content (AvgIpc) is 2.91. The Morgan fingerprint density at radius 3 is 3.05 bits per heavy atom. The molecule has 0 bridgehead atoms. The van der Waals surface area contributed by atoms with E-state index in [1.807, 2.05) is 31.2 Å². The smallest absolute Gasteiger partial charge is 0.224 e. The van der Waals surface area contributed by atoms with Crippen LogP contribution in [-0.4, -0.2) is 33.8 Å². The molecular weight excluding hydrogens is 256 g/mol. The van der Waals surface area contributed by atoms with Gasteiger partial charge in [-0.1, -0.05) is 12.1 Å².